The molecule has 4 aromatic rings. The van der Waals surface area contributed by atoms with Gasteiger partial charge in [-0.1, -0.05) is 48.0 Å². The Morgan fingerprint density at radius 3 is 2.55 bits per heavy atom. The van der Waals surface area contributed by atoms with Gasteiger partial charge in [-0.2, -0.15) is 5.10 Å². The number of nitrogens with one attached hydrogen (secondary N) is 1. The molecular formula is C23H20N4O2. The van der Waals surface area contributed by atoms with E-state index >= 15 is 0 Å². The number of aromatic nitrogens is 3. The van der Waals surface area contributed by atoms with Crippen molar-refractivity contribution in [3.05, 3.63) is 99.6 Å². The van der Waals surface area contributed by atoms with Crippen LogP contribution in [0.3, 0.4) is 0 Å². The fourth-order valence-electron chi connectivity index (χ4n) is 3.15. The van der Waals surface area contributed by atoms with Gasteiger partial charge in [-0.3, -0.25) is 14.6 Å². The lowest BCUT2D eigenvalue weighted by Gasteiger charge is -2.11. The molecule has 2 aromatic carbocycles. The fraction of sp³-hybridized carbons (Fsp3) is 0.130. The summed E-state index contributed by atoms with van der Waals surface area (Å²) in [6.07, 6.45) is 0. The van der Waals surface area contributed by atoms with Crippen LogP contribution in [0.1, 0.15) is 27.3 Å². The molecule has 0 unspecified atom stereocenters. The van der Waals surface area contributed by atoms with E-state index in [4.69, 9.17) is 0 Å². The van der Waals surface area contributed by atoms with Crippen LogP contribution in [0.25, 0.3) is 10.9 Å². The molecule has 0 saturated heterocycles. The van der Waals surface area contributed by atoms with Crippen molar-refractivity contribution in [1.29, 1.82) is 0 Å². The van der Waals surface area contributed by atoms with Gasteiger partial charge < -0.3 is 5.32 Å². The molecule has 0 fully saturated rings. The second-order valence-electron chi connectivity index (χ2n) is 6.98. The van der Waals surface area contributed by atoms with Crippen molar-refractivity contribution in [3.63, 3.8) is 0 Å². The minimum absolute atomic E-state index is 0.176. The lowest BCUT2D eigenvalue weighted by molar-refractivity contribution is 0.102. The predicted octanol–water partition coefficient (Wildman–Crippen LogP) is 3.71. The van der Waals surface area contributed by atoms with E-state index in [1.54, 1.807) is 0 Å². The minimum atomic E-state index is -0.376. The van der Waals surface area contributed by atoms with Crippen molar-refractivity contribution >= 4 is 22.5 Å². The summed E-state index contributed by atoms with van der Waals surface area (Å²) in [6, 6.07) is 20.1. The maximum Gasteiger partial charge on any atom is 0.276 e. The summed E-state index contributed by atoms with van der Waals surface area (Å²) in [5.74, 6) is -0.376. The highest BCUT2D eigenvalue weighted by atomic mass is 16.2. The average Bonchev–Trinajstić information content (AvgIpc) is 2.71. The third-order valence-electron chi connectivity index (χ3n) is 4.64. The molecule has 0 bridgehead atoms. The zero-order chi connectivity index (χ0) is 20.4. The largest absolute Gasteiger partial charge is 0.320 e. The normalized spacial score (nSPS) is 10.8. The number of fused-ring (bicyclic) bond motifs is 1. The van der Waals surface area contributed by atoms with Crippen molar-refractivity contribution in [1.82, 2.24) is 14.8 Å². The summed E-state index contributed by atoms with van der Waals surface area (Å²) < 4.78 is 1.30. The number of hydrogen-bond donors (Lipinski definition) is 1. The molecule has 144 valence electrons. The van der Waals surface area contributed by atoms with Crippen molar-refractivity contribution < 1.29 is 4.79 Å². The number of pyridine rings is 1. The van der Waals surface area contributed by atoms with Crippen molar-refractivity contribution in [2.75, 3.05) is 5.32 Å². The number of anilines is 1. The quantitative estimate of drug-likeness (QED) is 0.582. The van der Waals surface area contributed by atoms with Gasteiger partial charge >= 0.3 is 0 Å². The molecule has 6 nitrogen and oxygen atoms in total. The van der Waals surface area contributed by atoms with Gasteiger partial charge in [0, 0.05) is 17.1 Å². The van der Waals surface area contributed by atoms with Crippen LogP contribution >= 0.6 is 0 Å². The summed E-state index contributed by atoms with van der Waals surface area (Å²) in [4.78, 5) is 29.5. The predicted molar refractivity (Wildman–Crippen MR) is 113 cm³/mol. The molecule has 0 aliphatic heterocycles. The maximum atomic E-state index is 12.8. The molecule has 0 aliphatic rings. The van der Waals surface area contributed by atoms with Gasteiger partial charge in [-0.05, 0) is 37.6 Å². The van der Waals surface area contributed by atoms with Crippen LogP contribution in [0.2, 0.25) is 0 Å². The number of aryl methyl sites for hydroxylation is 2. The lowest BCUT2D eigenvalue weighted by atomic mass is 10.1. The molecule has 1 N–H and O–H groups in total. The van der Waals surface area contributed by atoms with Crippen LogP contribution in [0.5, 0.6) is 0 Å². The van der Waals surface area contributed by atoms with E-state index in [1.165, 1.54) is 16.8 Å². The first-order valence-corrected chi connectivity index (χ1v) is 9.31. The summed E-state index contributed by atoms with van der Waals surface area (Å²) in [5, 5.41) is 8.02. The Hall–Kier alpha value is -3.80. The monoisotopic (exact) mass is 384 g/mol. The molecule has 0 aliphatic carbocycles. The molecule has 0 spiro atoms. The lowest BCUT2D eigenvalue weighted by Crippen LogP contribution is -2.26. The van der Waals surface area contributed by atoms with E-state index in [-0.39, 0.29) is 17.2 Å². The molecule has 0 saturated carbocycles. The zero-order valence-electron chi connectivity index (χ0n) is 16.2. The molecule has 2 aromatic heterocycles. The number of carbonyl (C=O) groups excluding carboxylic acids is 1. The van der Waals surface area contributed by atoms with E-state index < -0.39 is 0 Å². The third-order valence-corrected chi connectivity index (χ3v) is 4.64. The summed E-state index contributed by atoms with van der Waals surface area (Å²) in [6.45, 7) is 4.18. The van der Waals surface area contributed by atoms with Crippen LogP contribution in [-0.4, -0.2) is 20.7 Å². The number of rotatable bonds is 4. The molecule has 2 heterocycles. The molecule has 6 heteroatoms. The standard InChI is InChI=1S/C23H20N4O2/c1-15-7-9-17(10-8-15)14-27-22(28)12-11-20(26-27)23(29)25-21-13-16(2)24-19-6-4-3-5-18(19)21/h3-13H,14H2,1-2H3,(H,24,25,29). The highest BCUT2D eigenvalue weighted by molar-refractivity contribution is 6.07. The fourth-order valence-corrected chi connectivity index (χ4v) is 3.15. The topological polar surface area (TPSA) is 76.9 Å². The highest BCUT2D eigenvalue weighted by Crippen LogP contribution is 2.23. The van der Waals surface area contributed by atoms with E-state index in [1.807, 2.05) is 68.4 Å². The van der Waals surface area contributed by atoms with Crippen molar-refractivity contribution in [3.8, 4) is 0 Å². The van der Waals surface area contributed by atoms with Gasteiger partial charge in [-0.25, -0.2) is 4.68 Å². The maximum absolute atomic E-state index is 12.8. The Bertz CT molecular complexity index is 1260. The first kappa shape index (κ1) is 18.6. The number of para-hydroxylation sites is 1. The van der Waals surface area contributed by atoms with Crippen LogP contribution < -0.4 is 10.9 Å². The number of amides is 1. The Balaban J connectivity index is 1.63. The van der Waals surface area contributed by atoms with E-state index in [0.29, 0.717) is 12.2 Å². The van der Waals surface area contributed by atoms with Gasteiger partial charge in [0.25, 0.3) is 11.5 Å². The summed E-state index contributed by atoms with van der Waals surface area (Å²) in [7, 11) is 0. The van der Waals surface area contributed by atoms with Gasteiger partial charge in [0.2, 0.25) is 0 Å². The number of benzene rings is 2. The Morgan fingerprint density at radius 2 is 1.76 bits per heavy atom. The van der Waals surface area contributed by atoms with Crippen molar-refractivity contribution in [2.45, 2.75) is 20.4 Å². The Kier molecular flexibility index (Phi) is 4.91. The van der Waals surface area contributed by atoms with E-state index in [9.17, 15) is 9.59 Å². The average molecular weight is 384 g/mol. The number of hydrogen-bond acceptors (Lipinski definition) is 4. The van der Waals surface area contributed by atoms with Gasteiger partial charge in [0.05, 0.1) is 17.7 Å². The molecule has 0 atom stereocenters. The SMILES string of the molecule is Cc1ccc(Cn2nc(C(=O)Nc3cc(C)nc4ccccc34)ccc2=O)cc1. The highest BCUT2D eigenvalue weighted by Gasteiger charge is 2.13. The smallest absolute Gasteiger partial charge is 0.276 e. The van der Waals surface area contributed by atoms with E-state index in [0.717, 1.165) is 27.7 Å². The van der Waals surface area contributed by atoms with Crippen molar-refractivity contribution in [2.24, 2.45) is 0 Å². The molecular weight excluding hydrogens is 364 g/mol. The van der Waals surface area contributed by atoms with Gasteiger partial charge in [-0.15, -0.1) is 0 Å². The zero-order valence-corrected chi connectivity index (χ0v) is 16.2. The van der Waals surface area contributed by atoms with Crippen LogP contribution in [0.15, 0.2) is 71.5 Å². The molecule has 1 amide bonds. The first-order chi connectivity index (χ1) is 14.0. The van der Waals surface area contributed by atoms with Crippen LogP contribution in [0, 0.1) is 13.8 Å². The minimum Gasteiger partial charge on any atom is -0.320 e. The summed E-state index contributed by atoms with van der Waals surface area (Å²) in [5.41, 5.74) is 4.27. The number of carbonyl (C=O) groups is 1. The Morgan fingerprint density at radius 1 is 1.00 bits per heavy atom. The van der Waals surface area contributed by atoms with E-state index in [2.05, 4.69) is 15.4 Å². The third kappa shape index (κ3) is 4.06. The second-order valence-corrected chi connectivity index (χ2v) is 6.98. The van der Waals surface area contributed by atoms with Crippen LogP contribution in [0.4, 0.5) is 5.69 Å². The Labute approximate surface area is 167 Å². The molecule has 0 radical (unpaired) electrons. The first-order valence-electron chi connectivity index (χ1n) is 9.31. The number of nitrogens with zero attached hydrogens (tertiary/aromatic N) is 3. The van der Waals surface area contributed by atoms with Gasteiger partial charge in [0.15, 0.2) is 0 Å². The molecule has 29 heavy (non-hydrogen) atoms. The molecule has 4 rings (SSSR count). The van der Waals surface area contributed by atoms with Crippen LogP contribution in [-0.2, 0) is 6.54 Å². The second kappa shape index (κ2) is 7.67. The summed E-state index contributed by atoms with van der Waals surface area (Å²) >= 11 is 0. The van der Waals surface area contributed by atoms with Gasteiger partial charge in [0.1, 0.15) is 5.69 Å².